The molecule has 1 fully saturated rings. The van der Waals surface area contributed by atoms with Crippen molar-refractivity contribution in [3.63, 3.8) is 0 Å². The molecule has 3 nitrogen and oxygen atoms in total. The van der Waals surface area contributed by atoms with E-state index in [0.29, 0.717) is 19.8 Å². The predicted octanol–water partition coefficient (Wildman–Crippen LogP) is 1.75. The Morgan fingerprint density at radius 2 is 2.00 bits per heavy atom. The number of aryl methyl sites for hydroxylation is 1. The van der Waals surface area contributed by atoms with Crippen molar-refractivity contribution in [3.8, 4) is 5.75 Å². The van der Waals surface area contributed by atoms with E-state index in [9.17, 15) is 0 Å². The molecule has 0 unspecified atom stereocenters. The van der Waals surface area contributed by atoms with Gasteiger partial charge in [0.2, 0.25) is 0 Å². The minimum absolute atomic E-state index is 0.199. The Labute approximate surface area is 83.6 Å². The highest BCUT2D eigenvalue weighted by atomic mass is 16.7. The number of benzene rings is 1. The van der Waals surface area contributed by atoms with Crippen LogP contribution < -0.4 is 4.74 Å². The molecule has 0 aliphatic carbocycles. The first-order valence-electron chi connectivity index (χ1n) is 4.78. The summed E-state index contributed by atoms with van der Waals surface area (Å²) in [5.41, 5.74) is 1.13. The lowest BCUT2D eigenvalue weighted by atomic mass is 10.2. The van der Waals surface area contributed by atoms with Crippen LogP contribution >= 0.6 is 0 Å². The maximum absolute atomic E-state index is 5.57. The van der Waals surface area contributed by atoms with Crippen molar-refractivity contribution in [2.24, 2.45) is 0 Å². The minimum Gasteiger partial charge on any atom is -0.488 e. The lowest BCUT2D eigenvalue weighted by molar-refractivity contribution is -0.0685. The first-order valence-corrected chi connectivity index (χ1v) is 4.78. The summed E-state index contributed by atoms with van der Waals surface area (Å²) in [4.78, 5) is 0. The van der Waals surface area contributed by atoms with Crippen molar-refractivity contribution >= 4 is 0 Å². The van der Waals surface area contributed by atoms with Gasteiger partial charge in [0, 0.05) is 0 Å². The van der Waals surface area contributed by atoms with Gasteiger partial charge in [-0.05, 0) is 18.6 Å². The average molecular weight is 194 g/mol. The zero-order chi connectivity index (χ0) is 9.80. The Bertz CT molecular complexity index is 292. The largest absolute Gasteiger partial charge is 0.488 e. The smallest absolute Gasteiger partial charge is 0.191 e. The molecule has 76 valence electrons. The summed E-state index contributed by atoms with van der Waals surface area (Å²) in [5.74, 6) is 0.895. The van der Waals surface area contributed by atoms with Crippen LogP contribution in [0.3, 0.4) is 0 Å². The number of rotatable bonds is 3. The normalized spacial score (nSPS) is 17.2. The van der Waals surface area contributed by atoms with E-state index in [0.717, 1.165) is 11.3 Å². The minimum atomic E-state index is -0.199. The first-order chi connectivity index (χ1) is 6.86. The van der Waals surface area contributed by atoms with Crippen LogP contribution in [-0.4, -0.2) is 26.1 Å². The average Bonchev–Trinajstić information content (AvgIpc) is 2.69. The van der Waals surface area contributed by atoms with E-state index < -0.39 is 0 Å². The van der Waals surface area contributed by atoms with Gasteiger partial charge in [-0.1, -0.05) is 18.2 Å². The van der Waals surface area contributed by atoms with Gasteiger partial charge < -0.3 is 14.2 Å². The van der Waals surface area contributed by atoms with Gasteiger partial charge in [0.15, 0.2) is 6.29 Å². The Hall–Kier alpha value is -1.06. The fourth-order valence-corrected chi connectivity index (χ4v) is 1.38. The zero-order valence-electron chi connectivity index (χ0n) is 8.23. The van der Waals surface area contributed by atoms with Crippen LogP contribution in [0.2, 0.25) is 0 Å². The molecule has 0 radical (unpaired) electrons. The molecule has 0 spiro atoms. The molecule has 3 heteroatoms. The van der Waals surface area contributed by atoms with E-state index in [4.69, 9.17) is 14.2 Å². The fraction of sp³-hybridized carbons (Fsp3) is 0.455. The van der Waals surface area contributed by atoms with Crippen LogP contribution in [0.5, 0.6) is 5.75 Å². The SMILES string of the molecule is Cc1ccccc1OCC1OCCO1. The van der Waals surface area contributed by atoms with Crippen LogP contribution in [-0.2, 0) is 9.47 Å². The van der Waals surface area contributed by atoms with E-state index in [1.165, 1.54) is 0 Å². The maximum Gasteiger partial charge on any atom is 0.191 e. The highest BCUT2D eigenvalue weighted by Gasteiger charge is 2.16. The summed E-state index contributed by atoms with van der Waals surface area (Å²) >= 11 is 0. The third-order valence-corrected chi connectivity index (χ3v) is 2.16. The Kier molecular flexibility index (Phi) is 3.01. The first kappa shape index (κ1) is 9.49. The summed E-state index contributed by atoms with van der Waals surface area (Å²) in [6.07, 6.45) is -0.199. The standard InChI is InChI=1S/C11H14O3/c1-9-4-2-3-5-10(9)14-8-11-12-6-7-13-11/h2-5,11H,6-8H2,1H3. The molecule has 2 rings (SSSR count). The zero-order valence-corrected chi connectivity index (χ0v) is 8.23. The third-order valence-electron chi connectivity index (χ3n) is 2.16. The summed E-state index contributed by atoms with van der Waals surface area (Å²) in [6.45, 7) is 3.82. The highest BCUT2D eigenvalue weighted by molar-refractivity contribution is 5.31. The summed E-state index contributed by atoms with van der Waals surface area (Å²) in [7, 11) is 0. The molecule has 0 N–H and O–H groups in total. The number of ether oxygens (including phenoxy) is 3. The van der Waals surface area contributed by atoms with Crippen molar-refractivity contribution in [2.75, 3.05) is 19.8 Å². The second kappa shape index (κ2) is 4.44. The van der Waals surface area contributed by atoms with E-state index in [1.54, 1.807) is 0 Å². The van der Waals surface area contributed by atoms with Crippen molar-refractivity contribution in [3.05, 3.63) is 29.8 Å². The molecule has 0 bridgehead atoms. The van der Waals surface area contributed by atoms with Gasteiger partial charge in [-0.15, -0.1) is 0 Å². The van der Waals surface area contributed by atoms with Gasteiger partial charge in [-0.3, -0.25) is 0 Å². The summed E-state index contributed by atoms with van der Waals surface area (Å²) in [6, 6.07) is 7.92. The molecular formula is C11H14O3. The van der Waals surface area contributed by atoms with Crippen LogP contribution in [0.15, 0.2) is 24.3 Å². The Morgan fingerprint density at radius 3 is 2.71 bits per heavy atom. The fourth-order valence-electron chi connectivity index (χ4n) is 1.38. The molecule has 0 aromatic heterocycles. The van der Waals surface area contributed by atoms with Crippen LogP contribution in [0.25, 0.3) is 0 Å². The van der Waals surface area contributed by atoms with Gasteiger partial charge in [0.05, 0.1) is 13.2 Å². The van der Waals surface area contributed by atoms with E-state index in [1.807, 2.05) is 31.2 Å². The molecule has 1 aromatic rings. The molecule has 1 saturated heterocycles. The molecule has 1 aliphatic heterocycles. The van der Waals surface area contributed by atoms with Crippen molar-refractivity contribution in [1.82, 2.24) is 0 Å². The Balaban J connectivity index is 1.88. The predicted molar refractivity (Wildman–Crippen MR) is 52.4 cm³/mol. The van der Waals surface area contributed by atoms with Gasteiger partial charge in [-0.25, -0.2) is 0 Å². The topological polar surface area (TPSA) is 27.7 Å². The second-order valence-corrected chi connectivity index (χ2v) is 3.25. The lowest BCUT2D eigenvalue weighted by Gasteiger charge is -2.12. The monoisotopic (exact) mass is 194 g/mol. The molecule has 0 amide bonds. The van der Waals surface area contributed by atoms with Crippen LogP contribution in [0.4, 0.5) is 0 Å². The van der Waals surface area contributed by atoms with Crippen LogP contribution in [0, 0.1) is 6.92 Å². The molecular weight excluding hydrogens is 180 g/mol. The van der Waals surface area contributed by atoms with Gasteiger partial charge in [-0.2, -0.15) is 0 Å². The maximum atomic E-state index is 5.57. The number of para-hydroxylation sites is 1. The van der Waals surface area contributed by atoms with Crippen molar-refractivity contribution in [1.29, 1.82) is 0 Å². The van der Waals surface area contributed by atoms with Gasteiger partial charge in [0.1, 0.15) is 12.4 Å². The Morgan fingerprint density at radius 1 is 1.29 bits per heavy atom. The van der Waals surface area contributed by atoms with Gasteiger partial charge >= 0.3 is 0 Å². The molecule has 1 aromatic carbocycles. The van der Waals surface area contributed by atoms with E-state index in [-0.39, 0.29) is 6.29 Å². The molecule has 0 atom stereocenters. The molecule has 1 aliphatic rings. The van der Waals surface area contributed by atoms with Gasteiger partial charge in [0.25, 0.3) is 0 Å². The summed E-state index contributed by atoms with van der Waals surface area (Å²) in [5, 5.41) is 0. The lowest BCUT2D eigenvalue weighted by Crippen LogP contribution is -2.18. The molecule has 1 heterocycles. The quantitative estimate of drug-likeness (QED) is 0.733. The van der Waals surface area contributed by atoms with Crippen LogP contribution in [0.1, 0.15) is 5.56 Å². The number of hydrogen-bond donors (Lipinski definition) is 0. The highest BCUT2D eigenvalue weighted by Crippen LogP contribution is 2.17. The van der Waals surface area contributed by atoms with Crippen molar-refractivity contribution < 1.29 is 14.2 Å². The summed E-state index contributed by atoms with van der Waals surface area (Å²) < 4.78 is 16.1. The third kappa shape index (κ3) is 2.25. The second-order valence-electron chi connectivity index (χ2n) is 3.25. The molecule has 14 heavy (non-hydrogen) atoms. The van der Waals surface area contributed by atoms with E-state index in [2.05, 4.69) is 0 Å². The molecule has 0 saturated carbocycles. The van der Waals surface area contributed by atoms with E-state index >= 15 is 0 Å². The number of hydrogen-bond acceptors (Lipinski definition) is 3. The van der Waals surface area contributed by atoms with Crippen molar-refractivity contribution in [2.45, 2.75) is 13.2 Å².